The van der Waals surface area contributed by atoms with Crippen molar-refractivity contribution in [3.05, 3.63) is 64.5 Å². The van der Waals surface area contributed by atoms with Crippen LogP contribution in [0.1, 0.15) is 22.3 Å². The molecule has 2 nitrogen and oxygen atoms in total. The Bertz CT molecular complexity index is 719. The highest BCUT2D eigenvalue weighted by molar-refractivity contribution is 7.84. The molecule has 0 heterocycles. The van der Waals surface area contributed by atoms with Gasteiger partial charge < -0.3 is 0 Å². The Morgan fingerprint density at radius 2 is 1.95 bits per heavy atom. The lowest BCUT2D eigenvalue weighted by atomic mass is 10.1. The first-order valence-electron chi connectivity index (χ1n) is 6.15. The van der Waals surface area contributed by atoms with Crippen LogP contribution in [0.4, 0.5) is 4.39 Å². The van der Waals surface area contributed by atoms with Crippen molar-refractivity contribution in [1.29, 1.82) is 5.26 Å². The van der Waals surface area contributed by atoms with Crippen LogP contribution in [0.3, 0.4) is 0 Å². The number of hydrogen-bond acceptors (Lipinski definition) is 2. The maximum absolute atomic E-state index is 13.3. The van der Waals surface area contributed by atoms with E-state index in [-0.39, 0.29) is 5.75 Å². The van der Waals surface area contributed by atoms with Gasteiger partial charge in [-0.25, -0.2) is 4.39 Å². The fraction of sp³-hybridized carbons (Fsp3) is 0.188. The normalized spacial score (nSPS) is 11.9. The Hall–Kier alpha value is -1.99. The van der Waals surface area contributed by atoms with Crippen LogP contribution in [-0.2, 0) is 16.6 Å². The van der Waals surface area contributed by atoms with Crippen LogP contribution < -0.4 is 0 Å². The van der Waals surface area contributed by atoms with E-state index in [1.165, 1.54) is 18.2 Å². The largest absolute Gasteiger partial charge is 0.254 e. The molecule has 102 valence electrons. The molecule has 0 amide bonds. The molecule has 1 unspecified atom stereocenters. The van der Waals surface area contributed by atoms with Crippen molar-refractivity contribution < 1.29 is 8.60 Å². The third-order valence-electron chi connectivity index (χ3n) is 3.05. The molecule has 0 bridgehead atoms. The van der Waals surface area contributed by atoms with Gasteiger partial charge >= 0.3 is 0 Å². The molecule has 4 heteroatoms. The molecule has 0 N–H and O–H groups in total. The van der Waals surface area contributed by atoms with E-state index in [2.05, 4.69) is 0 Å². The van der Waals surface area contributed by atoms with Crippen molar-refractivity contribution in [3.63, 3.8) is 0 Å². The van der Waals surface area contributed by atoms with E-state index in [4.69, 9.17) is 5.26 Å². The summed E-state index contributed by atoms with van der Waals surface area (Å²) >= 11 is 0. The quantitative estimate of drug-likeness (QED) is 0.865. The van der Waals surface area contributed by atoms with Crippen LogP contribution >= 0.6 is 0 Å². The molecule has 2 rings (SSSR count). The second-order valence-corrected chi connectivity index (χ2v) is 6.09. The topological polar surface area (TPSA) is 40.9 Å². The van der Waals surface area contributed by atoms with Crippen LogP contribution in [0.5, 0.6) is 0 Å². The van der Waals surface area contributed by atoms with Crippen molar-refractivity contribution in [3.8, 4) is 6.07 Å². The van der Waals surface area contributed by atoms with Gasteiger partial charge in [-0.3, -0.25) is 4.21 Å². The Morgan fingerprint density at radius 1 is 1.20 bits per heavy atom. The first-order valence-corrected chi connectivity index (χ1v) is 7.47. The molecule has 0 aliphatic heterocycles. The summed E-state index contributed by atoms with van der Waals surface area (Å²) in [6, 6.07) is 11.6. The Morgan fingerprint density at radius 3 is 2.60 bits per heavy atom. The molecular formula is C16H14FNOS. The van der Waals surface area contributed by atoms with Crippen molar-refractivity contribution >= 4 is 10.8 Å². The second-order valence-electron chi connectivity index (χ2n) is 4.67. The standard InChI is InChI=1S/C16H14FNOS/c1-11-3-6-16(12(2)7-11)20(19)10-14-8-15(17)5-4-13(14)9-18/h3-8H,10H2,1-2H3. The number of halogens is 1. The molecule has 0 aliphatic carbocycles. The molecule has 0 fully saturated rings. The highest BCUT2D eigenvalue weighted by Crippen LogP contribution is 2.20. The first-order chi connectivity index (χ1) is 9.51. The lowest BCUT2D eigenvalue weighted by Gasteiger charge is -2.08. The average molecular weight is 287 g/mol. The molecule has 0 aliphatic rings. The van der Waals surface area contributed by atoms with Gasteiger partial charge in [0.1, 0.15) is 5.82 Å². The van der Waals surface area contributed by atoms with E-state index < -0.39 is 16.6 Å². The predicted molar refractivity (Wildman–Crippen MR) is 77.1 cm³/mol. The van der Waals surface area contributed by atoms with Gasteiger partial charge in [0.2, 0.25) is 0 Å². The molecule has 2 aromatic carbocycles. The molecule has 0 aromatic heterocycles. The smallest absolute Gasteiger partial charge is 0.123 e. The zero-order chi connectivity index (χ0) is 14.7. The molecule has 20 heavy (non-hydrogen) atoms. The van der Waals surface area contributed by atoms with Crippen molar-refractivity contribution in [2.24, 2.45) is 0 Å². The summed E-state index contributed by atoms with van der Waals surface area (Å²) in [5, 5.41) is 9.01. The molecule has 0 saturated heterocycles. The number of nitrogens with zero attached hydrogens (tertiary/aromatic N) is 1. The SMILES string of the molecule is Cc1ccc(S(=O)Cc2cc(F)ccc2C#N)c(C)c1. The number of benzene rings is 2. The van der Waals surface area contributed by atoms with Crippen molar-refractivity contribution in [2.45, 2.75) is 24.5 Å². The van der Waals surface area contributed by atoms with E-state index in [1.54, 1.807) is 0 Å². The summed E-state index contributed by atoms with van der Waals surface area (Å²) in [6.07, 6.45) is 0. The van der Waals surface area contributed by atoms with Gasteiger partial charge in [-0.1, -0.05) is 17.7 Å². The summed E-state index contributed by atoms with van der Waals surface area (Å²) in [4.78, 5) is 0.726. The van der Waals surface area contributed by atoms with Gasteiger partial charge in [-0.15, -0.1) is 0 Å². The average Bonchev–Trinajstić information content (AvgIpc) is 2.38. The fourth-order valence-electron chi connectivity index (χ4n) is 2.06. The van der Waals surface area contributed by atoms with Crippen LogP contribution in [0.2, 0.25) is 0 Å². The summed E-state index contributed by atoms with van der Waals surface area (Å²) in [5.74, 6) is -0.276. The Balaban J connectivity index is 2.33. The summed E-state index contributed by atoms with van der Waals surface area (Å²) in [6.45, 7) is 3.87. The lowest BCUT2D eigenvalue weighted by Crippen LogP contribution is -2.01. The van der Waals surface area contributed by atoms with E-state index in [9.17, 15) is 8.60 Å². The number of rotatable bonds is 3. The number of nitriles is 1. The molecule has 2 aromatic rings. The van der Waals surface area contributed by atoms with Gasteiger partial charge in [0.05, 0.1) is 28.2 Å². The minimum atomic E-state index is -1.29. The van der Waals surface area contributed by atoms with Crippen LogP contribution in [0, 0.1) is 31.0 Å². The van der Waals surface area contributed by atoms with E-state index in [1.807, 2.05) is 38.1 Å². The van der Waals surface area contributed by atoms with Gasteiger partial charge in [-0.05, 0) is 49.2 Å². The van der Waals surface area contributed by atoms with Crippen molar-refractivity contribution in [1.82, 2.24) is 0 Å². The van der Waals surface area contributed by atoms with Crippen LogP contribution in [-0.4, -0.2) is 4.21 Å². The second kappa shape index (κ2) is 5.98. The Kier molecular flexibility index (Phi) is 4.31. The maximum Gasteiger partial charge on any atom is 0.123 e. The highest BCUT2D eigenvalue weighted by atomic mass is 32.2. The van der Waals surface area contributed by atoms with Gasteiger partial charge in [0.25, 0.3) is 0 Å². The van der Waals surface area contributed by atoms with Gasteiger partial charge in [0.15, 0.2) is 0 Å². The molecule has 0 radical (unpaired) electrons. The molecule has 0 spiro atoms. The monoisotopic (exact) mass is 287 g/mol. The predicted octanol–water partition coefficient (Wildman–Crippen LogP) is 3.62. The number of hydrogen-bond donors (Lipinski definition) is 0. The van der Waals surface area contributed by atoms with Crippen LogP contribution in [0.25, 0.3) is 0 Å². The highest BCUT2D eigenvalue weighted by Gasteiger charge is 2.12. The summed E-state index contributed by atoms with van der Waals surface area (Å²) < 4.78 is 25.7. The Labute approximate surface area is 120 Å². The third kappa shape index (κ3) is 3.12. The number of aryl methyl sites for hydroxylation is 2. The fourth-order valence-corrected chi connectivity index (χ4v) is 3.38. The minimum Gasteiger partial charge on any atom is -0.254 e. The van der Waals surface area contributed by atoms with E-state index in [0.717, 1.165) is 16.0 Å². The van der Waals surface area contributed by atoms with E-state index >= 15 is 0 Å². The van der Waals surface area contributed by atoms with E-state index in [0.29, 0.717) is 11.1 Å². The lowest BCUT2D eigenvalue weighted by molar-refractivity contribution is 0.626. The summed E-state index contributed by atoms with van der Waals surface area (Å²) in [5.41, 5.74) is 2.89. The minimum absolute atomic E-state index is 0.143. The van der Waals surface area contributed by atoms with Gasteiger partial charge in [-0.2, -0.15) is 5.26 Å². The van der Waals surface area contributed by atoms with Gasteiger partial charge in [0, 0.05) is 4.90 Å². The first kappa shape index (κ1) is 14.4. The van der Waals surface area contributed by atoms with Crippen molar-refractivity contribution in [2.75, 3.05) is 0 Å². The maximum atomic E-state index is 13.3. The summed E-state index contributed by atoms with van der Waals surface area (Å²) in [7, 11) is -1.29. The zero-order valence-electron chi connectivity index (χ0n) is 11.3. The molecule has 1 atom stereocenters. The molecular weight excluding hydrogens is 273 g/mol. The third-order valence-corrected chi connectivity index (χ3v) is 4.57. The van der Waals surface area contributed by atoms with Crippen LogP contribution in [0.15, 0.2) is 41.3 Å². The zero-order valence-corrected chi connectivity index (χ0v) is 12.1. The molecule has 0 saturated carbocycles.